The monoisotopic (exact) mass is 594 g/mol. The summed E-state index contributed by atoms with van der Waals surface area (Å²) in [5.74, 6) is 3.65. The van der Waals surface area contributed by atoms with Gasteiger partial charge in [0, 0.05) is 0 Å². The minimum atomic E-state index is -0.0349. The van der Waals surface area contributed by atoms with Crippen molar-refractivity contribution in [1.29, 1.82) is 0 Å². The van der Waals surface area contributed by atoms with Crippen LogP contribution in [0.15, 0.2) is 60.7 Å². The Morgan fingerprint density at radius 2 is 0.769 bits per heavy atom. The third kappa shape index (κ3) is 5.80. The molecular weight excluding hydrogens is 559 g/mol. The molecule has 0 aliphatic carbocycles. The minimum absolute atomic E-state index is 0.0349. The number of hydrogen-bond acceptors (Lipinski definition) is 6. The third-order valence-electron chi connectivity index (χ3n) is 6.44. The molecule has 4 aromatic rings. The van der Waals surface area contributed by atoms with Crippen LogP contribution in [0.4, 0.5) is 0 Å². The number of methoxy groups -OCH3 is 6. The van der Waals surface area contributed by atoms with Crippen molar-refractivity contribution in [3.05, 3.63) is 71.8 Å². The maximum absolute atomic E-state index is 5.65. The van der Waals surface area contributed by atoms with Gasteiger partial charge in [0.2, 0.25) is 0 Å². The first kappa shape index (κ1) is 28.2. The Bertz CT molecular complexity index is 1320. The summed E-state index contributed by atoms with van der Waals surface area (Å²) in [7, 11) is 9.78. The summed E-state index contributed by atoms with van der Waals surface area (Å²) < 4.78 is 36.2. The molecule has 0 bridgehead atoms. The van der Waals surface area contributed by atoms with Crippen LogP contribution >= 0.6 is 0 Å². The molecule has 0 saturated heterocycles. The molecule has 6 nitrogen and oxygen atoms in total. The molecule has 0 amide bonds. The van der Waals surface area contributed by atoms with Gasteiger partial charge in [-0.1, -0.05) is 0 Å². The van der Waals surface area contributed by atoms with Crippen LogP contribution in [0.25, 0.3) is 22.3 Å². The van der Waals surface area contributed by atoms with Gasteiger partial charge in [-0.25, -0.2) is 0 Å². The van der Waals surface area contributed by atoms with E-state index in [1.165, 1.54) is 20.1 Å². The molecule has 0 aromatic heterocycles. The number of aryl methyl sites for hydroxylation is 2. The topological polar surface area (TPSA) is 55.4 Å². The molecule has 4 aromatic carbocycles. The average Bonchev–Trinajstić information content (AvgIpc) is 2.96. The zero-order valence-corrected chi connectivity index (χ0v) is 25.3. The zero-order chi connectivity index (χ0) is 28.1. The standard InChI is InChI=1S/C32H34O6Se/c1-19-9-11-29(23(13-19)21-15-25(33-3)31(37-7)26(16-21)34-4)39-30-12-10-20(2)14-24(30)22-17-27(35-5)32(38-8)28(18-22)36-6/h9-18H,1-8H3. The molecule has 0 aliphatic heterocycles. The molecule has 0 spiro atoms. The van der Waals surface area contributed by atoms with Crippen molar-refractivity contribution in [3.8, 4) is 56.8 Å². The zero-order valence-electron chi connectivity index (χ0n) is 23.6. The van der Waals surface area contributed by atoms with Gasteiger partial charge in [0.05, 0.1) is 0 Å². The molecule has 0 atom stereocenters. The number of benzene rings is 4. The molecule has 39 heavy (non-hydrogen) atoms. The van der Waals surface area contributed by atoms with Gasteiger partial charge in [-0.3, -0.25) is 0 Å². The second kappa shape index (κ2) is 12.4. The van der Waals surface area contributed by atoms with Crippen LogP contribution in [-0.2, 0) is 0 Å². The van der Waals surface area contributed by atoms with Gasteiger partial charge in [-0.15, -0.1) is 0 Å². The fraction of sp³-hybridized carbons (Fsp3) is 0.250. The summed E-state index contributed by atoms with van der Waals surface area (Å²) >= 11 is -0.0349. The molecular formula is C32H34O6Se. The van der Waals surface area contributed by atoms with E-state index in [1.807, 2.05) is 24.3 Å². The average molecular weight is 594 g/mol. The molecule has 0 N–H and O–H groups in total. The van der Waals surface area contributed by atoms with Crippen molar-refractivity contribution in [1.82, 2.24) is 0 Å². The molecule has 7 heteroatoms. The van der Waals surface area contributed by atoms with Crippen molar-refractivity contribution in [2.24, 2.45) is 0 Å². The Morgan fingerprint density at radius 3 is 1.05 bits per heavy atom. The normalized spacial score (nSPS) is 10.7. The first-order valence-electron chi connectivity index (χ1n) is 12.4. The first-order chi connectivity index (χ1) is 18.9. The van der Waals surface area contributed by atoms with E-state index in [-0.39, 0.29) is 15.0 Å². The first-order valence-corrected chi connectivity index (χ1v) is 14.1. The molecule has 4 rings (SSSR count). The number of hydrogen-bond donors (Lipinski definition) is 0. The van der Waals surface area contributed by atoms with Crippen LogP contribution in [0.2, 0.25) is 0 Å². The molecule has 0 fully saturated rings. The van der Waals surface area contributed by atoms with E-state index in [9.17, 15) is 0 Å². The van der Waals surface area contributed by atoms with Crippen molar-refractivity contribution in [3.63, 3.8) is 0 Å². The second-order valence-electron chi connectivity index (χ2n) is 8.93. The van der Waals surface area contributed by atoms with E-state index < -0.39 is 0 Å². The van der Waals surface area contributed by atoms with E-state index in [0.29, 0.717) is 34.5 Å². The predicted octanol–water partition coefficient (Wildman–Crippen LogP) is 5.34. The van der Waals surface area contributed by atoms with E-state index in [2.05, 4.69) is 50.2 Å². The van der Waals surface area contributed by atoms with Gasteiger partial charge in [0.25, 0.3) is 0 Å². The Labute approximate surface area is 236 Å². The van der Waals surface area contributed by atoms with Crippen LogP contribution in [0, 0.1) is 13.8 Å². The number of rotatable bonds is 10. The summed E-state index contributed by atoms with van der Waals surface area (Å²) in [6.45, 7) is 4.21. The van der Waals surface area contributed by atoms with E-state index in [4.69, 9.17) is 28.4 Å². The quantitative estimate of drug-likeness (QED) is 0.232. The summed E-state index contributed by atoms with van der Waals surface area (Å²) in [6, 6.07) is 21.2. The summed E-state index contributed by atoms with van der Waals surface area (Å²) in [5, 5.41) is 0. The molecule has 204 valence electrons. The molecule has 0 saturated carbocycles. The van der Waals surface area contributed by atoms with Crippen LogP contribution < -0.4 is 37.3 Å². The van der Waals surface area contributed by atoms with Gasteiger partial charge >= 0.3 is 237 Å². The third-order valence-corrected chi connectivity index (χ3v) is 8.86. The Hall–Kier alpha value is -3.80. The summed E-state index contributed by atoms with van der Waals surface area (Å²) in [4.78, 5) is 0. The molecule has 0 heterocycles. The number of ether oxygens (including phenoxy) is 6. The molecule has 0 aliphatic rings. The van der Waals surface area contributed by atoms with Gasteiger partial charge in [-0.2, -0.15) is 0 Å². The van der Waals surface area contributed by atoms with Crippen LogP contribution in [-0.4, -0.2) is 57.6 Å². The van der Waals surface area contributed by atoms with Crippen LogP contribution in [0.5, 0.6) is 34.5 Å². The van der Waals surface area contributed by atoms with Gasteiger partial charge < -0.3 is 0 Å². The fourth-order valence-electron chi connectivity index (χ4n) is 4.51. The summed E-state index contributed by atoms with van der Waals surface area (Å²) in [6.07, 6.45) is 0. The molecule has 0 unspecified atom stereocenters. The van der Waals surface area contributed by atoms with E-state index >= 15 is 0 Å². The van der Waals surface area contributed by atoms with Crippen molar-refractivity contribution in [2.75, 3.05) is 42.7 Å². The SMILES string of the molecule is COc1cc(-c2cc(C)ccc2[Se]c2ccc(C)cc2-c2cc(OC)c(OC)c(OC)c2)cc(OC)c1OC. The van der Waals surface area contributed by atoms with Gasteiger partial charge in [0.1, 0.15) is 0 Å². The van der Waals surface area contributed by atoms with Crippen molar-refractivity contribution < 1.29 is 28.4 Å². The van der Waals surface area contributed by atoms with E-state index in [1.54, 1.807) is 42.7 Å². The van der Waals surface area contributed by atoms with Crippen molar-refractivity contribution in [2.45, 2.75) is 13.8 Å². The Balaban J connectivity index is 1.87. The predicted molar refractivity (Wildman–Crippen MR) is 158 cm³/mol. The van der Waals surface area contributed by atoms with E-state index in [0.717, 1.165) is 22.3 Å². The molecule has 0 radical (unpaired) electrons. The van der Waals surface area contributed by atoms with Gasteiger partial charge in [0.15, 0.2) is 0 Å². The van der Waals surface area contributed by atoms with Crippen LogP contribution in [0.1, 0.15) is 11.1 Å². The fourth-order valence-corrected chi connectivity index (χ4v) is 6.78. The second-order valence-corrected chi connectivity index (χ2v) is 11.2. The Kier molecular flexibility index (Phi) is 8.95. The maximum atomic E-state index is 5.65. The van der Waals surface area contributed by atoms with Crippen LogP contribution in [0.3, 0.4) is 0 Å². The summed E-state index contributed by atoms with van der Waals surface area (Å²) in [5.41, 5.74) is 6.62. The Morgan fingerprint density at radius 1 is 0.436 bits per heavy atom. The van der Waals surface area contributed by atoms with Crippen molar-refractivity contribution >= 4 is 23.9 Å². The van der Waals surface area contributed by atoms with Gasteiger partial charge in [-0.05, 0) is 0 Å².